The number of hydrogen-bond donors (Lipinski definition) is 0. The lowest BCUT2D eigenvalue weighted by molar-refractivity contribution is 0.312. The number of piperidine rings is 1. The van der Waals surface area contributed by atoms with Gasteiger partial charge in [-0.2, -0.15) is 4.31 Å². The third-order valence-electron chi connectivity index (χ3n) is 5.28. The maximum Gasteiger partial charge on any atom is 0.262 e. The van der Waals surface area contributed by atoms with E-state index in [1.807, 2.05) is 29.0 Å². The Kier molecular flexibility index (Phi) is 5.26. The standard InChI is InChI=1S/C20H26N6O2S/c1-15(2)20-21-9-11-26(20)18-8-4-7-17(23-18)16-6-5-10-25(12-16)29(27,28)19-13-24(3)14-22-19/h4,7-9,11,13-16H,5-6,10,12H2,1-3H3/t16-/m0/s1. The van der Waals surface area contributed by atoms with Gasteiger partial charge in [0.2, 0.25) is 0 Å². The van der Waals surface area contributed by atoms with Crippen LogP contribution in [-0.4, -0.2) is 49.9 Å². The molecule has 154 valence electrons. The van der Waals surface area contributed by atoms with Gasteiger partial charge in [-0.25, -0.2) is 23.4 Å². The number of rotatable bonds is 5. The zero-order chi connectivity index (χ0) is 20.6. The molecule has 0 radical (unpaired) electrons. The zero-order valence-electron chi connectivity index (χ0n) is 16.9. The first-order chi connectivity index (χ1) is 13.9. The van der Waals surface area contributed by atoms with Crippen LogP contribution in [-0.2, 0) is 17.1 Å². The first-order valence-electron chi connectivity index (χ1n) is 9.85. The highest BCUT2D eigenvalue weighted by atomic mass is 32.2. The van der Waals surface area contributed by atoms with Gasteiger partial charge in [-0.3, -0.25) is 4.57 Å². The average Bonchev–Trinajstić information content (AvgIpc) is 3.38. The maximum atomic E-state index is 13.0. The molecule has 0 bridgehead atoms. The molecule has 1 aliphatic rings. The minimum Gasteiger partial charge on any atom is -0.339 e. The predicted octanol–water partition coefficient (Wildman–Crippen LogP) is 2.69. The van der Waals surface area contributed by atoms with Gasteiger partial charge in [0.25, 0.3) is 10.0 Å². The third kappa shape index (κ3) is 3.84. The van der Waals surface area contributed by atoms with Crippen molar-refractivity contribution in [1.29, 1.82) is 0 Å². The smallest absolute Gasteiger partial charge is 0.262 e. The second-order valence-electron chi connectivity index (χ2n) is 7.81. The summed E-state index contributed by atoms with van der Waals surface area (Å²) in [7, 11) is -1.83. The Morgan fingerprint density at radius 2 is 2.03 bits per heavy atom. The van der Waals surface area contributed by atoms with Crippen molar-refractivity contribution in [2.24, 2.45) is 7.05 Å². The average molecular weight is 415 g/mol. The van der Waals surface area contributed by atoms with Crippen LogP contribution in [0.15, 0.2) is 48.1 Å². The van der Waals surface area contributed by atoms with Crippen LogP contribution in [0.1, 0.15) is 50.0 Å². The van der Waals surface area contributed by atoms with Gasteiger partial charge in [-0.1, -0.05) is 19.9 Å². The van der Waals surface area contributed by atoms with E-state index in [0.29, 0.717) is 13.1 Å². The predicted molar refractivity (Wildman–Crippen MR) is 109 cm³/mol. The van der Waals surface area contributed by atoms with E-state index in [1.54, 1.807) is 24.0 Å². The van der Waals surface area contributed by atoms with E-state index >= 15 is 0 Å². The topological polar surface area (TPSA) is 85.9 Å². The molecule has 0 saturated carbocycles. The molecule has 1 saturated heterocycles. The van der Waals surface area contributed by atoms with Crippen LogP contribution in [0.4, 0.5) is 0 Å². The number of aromatic nitrogens is 5. The zero-order valence-corrected chi connectivity index (χ0v) is 17.7. The number of imidazole rings is 2. The molecule has 3 aromatic rings. The van der Waals surface area contributed by atoms with Crippen LogP contribution in [0.2, 0.25) is 0 Å². The highest BCUT2D eigenvalue weighted by Gasteiger charge is 2.32. The summed E-state index contributed by atoms with van der Waals surface area (Å²) in [6.07, 6.45) is 8.46. The minimum absolute atomic E-state index is 0.0493. The van der Waals surface area contributed by atoms with Crippen molar-refractivity contribution in [3.63, 3.8) is 0 Å². The van der Waals surface area contributed by atoms with Gasteiger partial charge >= 0.3 is 0 Å². The molecule has 29 heavy (non-hydrogen) atoms. The number of nitrogens with zero attached hydrogens (tertiary/aromatic N) is 6. The summed E-state index contributed by atoms with van der Waals surface area (Å²) in [5.41, 5.74) is 0.909. The molecule has 3 aromatic heterocycles. The Morgan fingerprint density at radius 3 is 2.76 bits per heavy atom. The van der Waals surface area contributed by atoms with E-state index in [4.69, 9.17) is 4.98 Å². The number of pyridine rings is 1. The fraction of sp³-hybridized carbons (Fsp3) is 0.450. The van der Waals surface area contributed by atoms with Gasteiger partial charge in [-0.15, -0.1) is 0 Å². The Balaban J connectivity index is 1.60. The minimum atomic E-state index is -3.60. The molecule has 0 amide bonds. The maximum absolute atomic E-state index is 13.0. The van der Waals surface area contributed by atoms with Crippen LogP contribution in [0, 0.1) is 0 Å². The molecule has 0 N–H and O–H groups in total. The van der Waals surface area contributed by atoms with Crippen LogP contribution in [0.5, 0.6) is 0 Å². The van der Waals surface area contributed by atoms with Crippen LogP contribution >= 0.6 is 0 Å². The lowest BCUT2D eigenvalue weighted by Gasteiger charge is -2.31. The SMILES string of the molecule is CC(C)c1nccn1-c1cccc([C@H]2CCCN(S(=O)(=O)c3cn(C)cn3)C2)n1. The van der Waals surface area contributed by atoms with Crippen molar-refractivity contribution < 1.29 is 8.42 Å². The summed E-state index contributed by atoms with van der Waals surface area (Å²) in [5, 5.41) is 0.0994. The first-order valence-corrected chi connectivity index (χ1v) is 11.3. The highest BCUT2D eigenvalue weighted by molar-refractivity contribution is 7.89. The van der Waals surface area contributed by atoms with Crippen LogP contribution in [0.3, 0.4) is 0 Å². The molecule has 0 unspecified atom stereocenters. The second kappa shape index (κ2) is 7.72. The molecule has 1 atom stereocenters. The highest BCUT2D eigenvalue weighted by Crippen LogP contribution is 2.29. The van der Waals surface area contributed by atoms with E-state index < -0.39 is 10.0 Å². The van der Waals surface area contributed by atoms with Crippen LogP contribution in [0.25, 0.3) is 5.82 Å². The van der Waals surface area contributed by atoms with Gasteiger partial charge in [0.15, 0.2) is 5.03 Å². The number of hydrogen-bond acceptors (Lipinski definition) is 5. The fourth-order valence-corrected chi connectivity index (χ4v) is 5.28. The Hall–Kier alpha value is -2.52. The molecular formula is C20H26N6O2S. The van der Waals surface area contributed by atoms with Crippen molar-refractivity contribution >= 4 is 10.0 Å². The quantitative estimate of drug-likeness (QED) is 0.641. The van der Waals surface area contributed by atoms with Crippen molar-refractivity contribution in [3.05, 3.63) is 54.6 Å². The Bertz CT molecular complexity index is 1100. The van der Waals surface area contributed by atoms with Crippen LogP contribution < -0.4 is 0 Å². The summed E-state index contributed by atoms with van der Waals surface area (Å²) >= 11 is 0. The molecule has 0 aliphatic carbocycles. The number of aryl methyl sites for hydroxylation is 1. The van der Waals surface area contributed by atoms with Gasteiger partial charge in [0, 0.05) is 56.3 Å². The van der Waals surface area contributed by atoms with Gasteiger partial charge < -0.3 is 4.57 Å². The molecular weight excluding hydrogens is 388 g/mol. The van der Waals surface area contributed by atoms with E-state index in [9.17, 15) is 8.42 Å². The van der Waals surface area contributed by atoms with Gasteiger partial charge in [0.1, 0.15) is 11.6 Å². The first kappa shape index (κ1) is 19.8. The van der Waals surface area contributed by atoms with E-state index in [0.717, 1.165) is 30.2 Å². The van der Waals surface area contributed by atoms with Crippen molar-refractivity contribution in [2.45, 2.75) is 43.6 Å². The second-order valence-corrected chi connectivity index (χ2v) is 9.70. The number of sulfonamides is 1. The van der Waals surface area contributed by atoms with E-state index in [1.165, 1.54) is 10.6 Å². The largest absolute Gasteiger partial charge is 0.339 e. The van der Waals surface area contributed by atoms with Crippen molar-refractivity contribution in [2.75, 3.05) is 13.1 Å². The molecule has 0 aromatic carbocycles. The molecule has 0 spiro atoms. The third-order valence-corrected chi connectivity index (χ3v) is 7.03. The summed E-state index contributed by atoms with van der Waals surface area (Å²) in [6.45, 7) is 5.12. The molecule has 1 aliphatic heterocycles. The Morgan fingerprint density at radius 1 is 1.21 bits per heavy atom. The molecule has 4 rings (SSSR count). The van der Waals surface area contributed by atoms with Gasteiger partial charge in [-0.05, 0) is 25.0 Å². The summed E-state index contributed by atoms with van der Waals surface area (Å²) in [5.74, 6) is 2.10. The fourth-order valence-electron chi connectivity index (χ4n) is 3.79. The van der Waals surface area contributed by atoms with Crippen molar-refractivity contribution in [3.8, 4) is 5.82 Å². The molecule has 9 heteroatoms. The summed E-state index contributed by atoms with van der Waals surface area (Å²) in [6, 6.07) is 5.92. The van der Waals surface area contributed by atoms with E-state index in [-0.39, 0.29) is 16.9 Å². The Labute approximate surface area is 171 Å². The van der Waals surface area contributed by atoms with E-state index in [2.05, 4.69) is 23.8 Å². The van der Waals surface area contributed by atoms with Crippen molar-refractivity contribution in [1.82, 2.24) is 28.4 Å². The molecule has 4 heterocycles. The van der Waals surface area contributed by atoms with Gasteiger partial charge in [0.05, 0.1) is 6.33 Å². The normalized spacial score (nSPS) is 18.4. The lowest BCUT2D eigenvalue weighted by Crippen LogP contribution is -2.39. The lowest BCUT2D eigenvalue weighted by atomic mass is 9.95. The molecule has 8 nitrogen and oxygen atoms in total. The monoisotopic (exact) mass is 414 g/mol. The summed E-state index contributed by atoms with van der Waals surface area (Å²) < 4.78 is 31.1. The summed E-state index contributed by atoms with van der Waals surface area (Å²) in [4.78, 5) is 13.3. The molecule has 1 fully saturated rings.